The Morgan fingerprint density at radius 2 is 1.87 bits per heavy atom. The maximum absolute atomic E-state index is 14.2. The predicted molar refractivity (Wildman–Crippen MR) is 141 cm³/mol. The van der Waals surface area contributed by atoms with Gasteiger partial charge in [-0.2, -0.15) is 0 Å². The van der Waals surface area contributed by atoms with Crippen molar-refractivity contribution in [2.75, 3.05) is 26.7 Å². The number of hydrogen-bond acceptors (Lipinski definition) is 5. The lowest BCUT2D eigenvalue weighted by molar-refractivity contribution is 0.0312. The molecule has 1 aliphatic rings. The van der Waals surface area contributed by atoms with Crippen molar-refractivity contribution in [3.8, 4) is 17.7 Å². The maximum atomic E-state index is 14.2. The molecule has 4 rings (SSSR count). The highest BCUT2D eigenvalue weighted by molar-refractivity contribution is 5.97. The van der Waals surface area contributed by atoms with Crippen LogP contribution in [-0.4, -0.2) is 70.6 Å². The van der Waals surface area contributed by atoms with E-state index >= 15 is 0 Å². The summed E-state index contributed by atoms with van der Waals surface area (Å²) in [6.45, 7) is 3.88. The maximum Gasteiger partial charge on any atom is 0.259 e. The average Bonchev–Trinajstić information content (AvgIpc) is 2.93. The fourth-order valence-corrected chi connectivity index (χ4v) is 4.25. The molecule has 8 heteroatoms. The Balaban J connectivity index is 1.66. The van der Waals surface area contributed by atoms with E-state index in [-0.39, 0.29) is 48.5 Å². The monoisotopic (exact) mass is 515 g/mol. The number of amides is 2. The van der Waals surface area contributed by atoms with Gasteiger partial charge in [0.1, 0.15) is 17.5 Å². The Morgan fingerprint density at radius 1 is 1.18 bits per heavy atom. The molecule has 3 atom stereocenters. The molecule has 2 amide bonds. The number of aromatic nitrogens is 1. The Morgan fingerprint density at radius 3 is 2.58 bits per heavy atom. The molecule has 2 aromatic carbocycles. The first-order valence-corrected chi connectivity index (χ1v) is 12.4. The van der Waals surface area contributed by atoms with Crippen LogP contribution < -0.4 is 4.74 Å². The van der Waals surface area contributed by atoms with E-state index in [2.05, 4.69) is 16.8 Å². The quantitative estimate of drug-likeness (QED) is 0.525. The number of carbonyl (C=O) groups excluding carboxylic acids is 2. The third-order valence-corrected chi connectivity index (χ3v) is 6.55. The fraction of sp³-hybridized carbons (Fsp3) is 0.300. The summed E-state index contributed by atoms with van der Waals surface area (Å²) in [5.41, 5.74) is 1.57. The molecule has 38 heavy (non-hydrogen) atoms. The van der Waals surface area contributed by atoms with Crippen molar-refractivity contribution in [2.24, 2.45) is 5.92 Å². The second-order valence-corrected chi connectivity index (χ2v) is 9.48. The van der Waals surface area contributed by atoms with Crippen molar-refractivity contribution in [1.82, 2.24) is 14.8 Å². The highest BCUT2D eigenvalue weighted by Gasteiger charge is 2.35. The molecule has 0 unspecified atom stereocenters. The van der Waals surface area contributed by atoms with Crippen molar-refractivity contribution in [1.29, 1.82) is 0 Å². The van der Waals surface area contributed by atoms with E-state index in [0.717, 1.165) is 5.56 Å². The molecule has 0 bridgehead atoms. The number of aliphatic hydroxyl groups is 1. The van der Waals surface area contributed by atoms with Gasteiger partial charge in [-0.3, -0.25) is 9.59 Å². The van der Waals surface area contributed by atoms with Gasteiger partial charge in [-0.25, -0.2) is 9.37 Å². The van der Waals surface area contributed by atoms with Crippen molar-refractivity contribution < 1.29 is 23.8 Å². The smallest absolute Gasteiger partial charge is 0.259 e. The summed E-state index contributed by atoms with van der Waals surface area (Å²) in [6.07, 6.45) is 0.990. The number of aliphatic hydroxyl groups excluding tert-OH is 1. The van der Waals surface area contributed by atoms with Crippen LogP contribution in [0.5, 0.6) is 5.88 Å². The van der Waals surface area contributed by atoms with Crippen molar-refractivity contribution in [3.05, 3.63) is 94.9 Å². The number of likely N-dealkylation sites (N-methyl/N-ethyl adjacent to an activating group) is 1. The van der Waals surface area contributed by atoms with Gasteiger partial charge in [0.25, 0.3) is 11.8 Å². The third-order valence-electron chi connectivity index (χ3n) is 6.55. The number of rotatable bonds is 5. The van der Waals surface area contributed by atoms with Crippen LogP contribution in [0.25, 0.3) is 0 Å². The molecule has 1 aliphatic heterocycles. The second-order valence-electron chi connectivity index (χ2n) is 9.48. The number of hydrogen-bond donors (Lipinski definition) is 1. The minimum atomic E-state index is -0.597. The first-order chi connectivity index (χ1) is 18.3. The minimum Gasteiger partial charge on any atom is -0.472 e. The Bertz CT molecular complexity index is 1370. The van der Waals surface area contributed by atoms with Gasteiger partial charge in [0.05, 0.1) is 24.8 Å². The molecule has 1 aromatic heterocycles. The topological polar surface area (TPSA) is 83.0 Å². The first kappa shape index (κ1) is 26.8. The molecule has 196 valence electrons. The van der Waals surface area contributed by atoms with E-state index in [0.29, 0.717) is 5.56 Å². The zero-order chi connectivity index (χ0) is 27.2. The standard InChI is InChI=1S/C30H30FN3O4/c1-20-17-34(21(2)19-35)30(37)25-15-23(14-13-22-9-5-4-6-10-22)16-32-28(25)38-27(20)18-33(3)29(36)24-11-7-8-12-26(24)31/h4-12,15-16,20-21,27,35H,17-19H2,1-3H3/t20-,21-,27+/m1/s1. The molecule has 0 saturated carbocycles. The van der Waals surface area contributed by atoms with Crippen LogP contribution in [0.4, 0.5) is 4.39 Å². The van der Waals surface area contributed by atoms with Crippen molar-refractivity contribution in [2.45, 2.75) is 26.0 Å². The van der Waals surface area contributed by atoms with E-state index < -0.39 is 23.9 Å². The third kappa shape index (κ3) is 6.01. The van der Waals surface area contributed by atoms with Crippen LogP contribution in [0.15, 0.2) is 66.9 Å². The lowest BCUT2D eigenvalue weighted by Crippen LogP contribution is -2.50. The molecule has 0 aliphatic carbocycles. The Hall–Kier alpha value is -4.22. The lowest BCUT2D eigenvalue weighted by atomic mass is 9.99. The number of fused-ring (bicyclic) bond motifs is 1. The number of halogens is 1. The molecule has 0 radical (unpaired) electrons. The van der Waals surface area contributed by atoms with Gasteiger partial charge in [0, 0.05) is 36.8 Å². The van der Waals surface area contributed by atoms with Gasteiger partial charge in [0.2, 0.25) is 5.88 Å². The van der Waals surface area contributed by atoms with E-state index in [4.69, 9.17) is 4.74 Å². The van der Waals surface area contributed by atoms with E-state index in [1.165, 1.54) is 23.1 Å². The predicted octanol–water partition coefficient (Wildman–Crippen LogP) is 3.61. The largest absolute Gasteiger partial charge is 0.472 e. The summed E-state index contributed by atoms with van der Waals surface area (Å²) >= 11 is 0. The SMILES string of the molecule is C[C@@H]1CN([C@H](C)CO)C(=O)c2cc(C#Cc3ccccc3)cnc2O[C@H]1CN(C)C(=O)c1ccccc1F. The summed E-state index contributed by atoms with van der Waals surface area (Å²) < 4.78 is 20.5. The first-order valence-electron chi connectivity index (χ1n) is 12.4. The molecular formula is C30H30FN3O4. The number of carbonyl (C=O) groups is 2. The summed E-state index contributed by atoms with van der Waals surface area (Å²) in [7, 11) is 1.58. The van der Waals surface area contributed by atoms with Gasteiger partial charge in [-0.05, 0) is 37.3 Å². The van der Waals surface area contributed by atoms with Gasteiger partial charge in [-0.15, -0.1) is 0 Å². The van der Waals surface area contributed by atoms with Gasteiger partial charge in [0.15, 0.2) is 0 Å². The van der Waals surface area contributed by atoms with Crippen LogP contribution in [0.2, 0.25) is 0 Å². The second kappa shape index (κ2) is 11.9. The minimum absolute atomic E-state index is 0.0284. The highest BCUT2D eigenvalue weighted by Crippen LogP contribution is 2.27. The normalized spacial score (nSPS) is 17.7. The highest BCUT2D eigenvalue weighted by atomic mass is 19.1. The summed E-state index contributed by atoms with van der Waals surface area (Å²) in [4.78, 5) is 33.9. The van der Waals surface area contributed by atoms with Crippen LogP contribution in [0.1, 0.15) is 45.7 Å². The lowest BCUT2D eigenvalue weighted by Gasteiger charge is -2.37. The fourth-order valence-electron chi connectivity index (χ4n) is 4.25. The van der Waals surface area contributed by atoms with E-state index in [1.807, 2.05) is 37.3 Å². The Labute approximate surface area is 221 Å². The molecule has 0 saturated heterocycles. The van der Waals surface area contributed by atoms with Crippen LogP contribution in [0, 0.1) is 23.6 Å². The van der Waals surface area contributed by atoms with Crippen molar-refractivity contribution in [3.63, 3.8) is 0 Å². The molecule has 1 N–H and O–H groups in total. The van der Waals surface area contributed by atoms with Crippen LogP contribution in [0.3, 0.4) is 0 Å². The number of benzene rings is 2. The molecule has 0 fully saturated rings. The van der Waals surface area contributed by atoms with Gasteiger partial charge in [-0.1, -0.05) is 49.1 Å². The molecular weight excluding hydrogens is 485 g/mol. The summed E-state index contributed by atoms with van der Waals surface area (Å²) in [5.74, 6) is 4.61. The van der Waals surface area contributed by atoms with Crippen LogP contribution >= 0.6 is 0 Å². The zero-order valence-corrected chi connectivity index (χ0v) is 21.6. The van der Waals surface area contributed by atoms with Crippen molar-refractivity contribution >= 4 is 11.8 Å². The summed E-state index contributed by atoms with van der Waals surface area (Å²) in [5, 5.41) is 9.85. The molecule has 7 nitrogen and oxygen atoms in total. The number of pyridine rings is 1. The average molecular weight is 516 g/mol. The number of ether oxygens (including phenoxy) is 1. The van der Waals surface area contributed by atoms with E-state index in [9.17, 15) is 19.1 Å². The van der Waals surface area contributed by atoms with E-state index in [1.54, 1.807) is 37.2 Å². The summed E-state index contributed by atoms with van der Waals surface area (Å²) in [6, 6.07) is 16.5. The zero-order valence-electron chi connectivity index (χ0n) is 21.6. The number of nitrogens with zero attached hydrogens (tertiary/aromatic N) is 3. The Kier molecular flexibility index (Phi) is 8.39. The van der Waals surface area contributed by atoms with Crippen LogP contribution in [-0.2, 0) is 0 Å². The molecule has 3 aromatic rings. The molecule has 2 heterocycles. The van der Waals surface area contributed by atoms with Gasteiger partial charge < -0.3 is 19.6 Å². The molecule has 0 spiro atoms. The van der Waals surface area contributed by atoms with Gasteiger partial charge >= 0.3 is 0 Å².